The van der Waals surface area contributed by atoms with Gasteiger partial charge in [0.25, 0.3) is 0 Å². The number of rotatable bonds is 6. The summed E-state index contributed by atoms with van der Waals surface area (Å²) in [6.07, 6.45) is -4.27. The van der Waals surface area contributed by atoms with Gasteiger partial charge in [-0.2, -0.15) is 23.4 Å². The van der Waals surface area contributed by atoms with Gasteiger partial charge in [-0.3, -0.25) is 0 Å². The first-order valence-electron chi connectivity index (χ1n) is 7.00. The lowest BCUT2D eigenvalue weighted by molar-refractivity contribution is -0.141. The van der Waals surface area contributed by atoms with Crippen LogP contribution in [0.1, 0.15) is 17.7 Å². The molecule has 0 aliphatic carbocycles. The standard InChI is InChI=1S/C15H14F3N5O/c16-15(17,18)12-8-13(23-14(22-12)20-5-2-6-24)21-11-4-1-3-10(7-11)9-19/h1,3-4,7-8,24H,2,5-6H2,(H2,20,21,22,23). The number of alkyl halides is 3. The Morgan fingerprint density at radius 3 is 2.67 bits per heavy atom. The number of aromatic nitrogens is 2. The van der Waals surface area contributed by atoms with Gasteiger partial charge in [-0.25, -0.2) is 4.98 Å². The quantitative estimate of drug-likeness (QED) is 0.702. The Morgan fingerprint density at radius 2 is 2.00 bits per heavy atom. The van der Waals surface area contributed by atoms with Crippen molar-refractivity contribution in [2.45, 2.75) is 12.6 Å². The molecule has 0 aliphatic rings. The molecule has 0 atom stereocenters. The molecular weight excluding hydrogens is 323 g/mol. The van der Waals surface area contributed by atoms with Crippen LogP contribution in [-0.4, -0.2) is 28.2 Å². The van der Waals surface area contributed by atoms with Crippen molar-refractivity contribution in [3.8, 4) is 6.07 Å². The number of hydrogen-bond acceptors (Lipinski definition) is 6. The molecule has 0 amide bonds. The zero-order valence-corrected chi connectivity index (χ0v) is 12.4. The van der Waals surface area contributed by atoms with E-state index in [1.807, 2.05) is 6.07 Å². The molecule has 1 aromatic heterocycles. The van der Waals surface area contributed by atoms with E-state index < -0.39 is 11.9 Å². The maximum absolute atomic E-state index is 13.0. The minimum Gasteiger partial charge on any atom is -0.396 e. The van der Waals surface area contributed by atoms with Crippen molar-refractivity contribution in [1.29, 1.82) is 5.26 Å². The minimum absolute atomic E-state index is 0.0566. The summed E-state index contributed by atoms with van der Waals surface area (Å²) in [5.74, 6) is -0.254. The molecule has 1 aromatic carbocycles. The maximum atomic E-state index is 13.0. The fourth-order valence-corrected chi connectivity index (χ4v) is 1.83. The molecule has 1 heterocycles. The van der Waals surface area contributed by atoms with Crippen molar-refractivity contribution in [1.82, 2.24) is 9.97 Å². The maximum Gasteiger partial charge on any atom is 0.433 e. The summed E-state index contributed by atoms with van der Waals surface area (Å²) in [5, 5.41) is 23.0. The summed E-state index contributed by atoms with van der Waals surface area (Å²) >= 11 is 0. The van der Waals surface area contributed by atoms with E-state index >= 15 is 0 Å². The SMILES string of the molecule is N#Cc1cccc(Nc2cc(C(F)(F)F)nc(NCCCO)n2)c1. The molecule has 2 aromatic rings. The predicted molar refractivity (Wildman–Crippen MR) is 81.7 cm³/mol. The summed E-state index contributed by atoms with van der Waals surface area (Å²) in [6.45, 7) is 0.138. The van der Waals surface area contributed by atoms with Gasteiger partial charge >= 0.3 is 6.18 Å². The molecule has 6 nitrogen and oxygen atoms in total. The van der Waals surface area contributed by atoms with Gasteiger partial charge in [0.05, 0.1) is 11.6 Å². The molecule has 0 bridgehead atoms. The van der Waals surface area contributed by atoms with E-state index in [0.29, 0.717) is 17.7 Å². The number of halogens is 3. The molecule has 0 radical (unpaired) electrons. The van der Waals surface area contributed by atoms with Gasteiger partial charge in [0.1, 0.15) is 5.82 Å². The van der Waals surface area contributed by atoms with E-state index in [2.05, 4.69) is 20.6 Å². The summed E-state index contributed by atoms with van der Waals surface area (Å²) in [6, 6.07) is 9.02. The fourth-order valence-electron chi connectivity index (χ4n) is 1.83. The van der Waals surface area contributed by atoms with Crippen LogP contribution in [0.5, 0.6) is 0 Å². The number of aliphatic hydroxyl groups is 1. The van der Waals surface area contributed by atoms with E-state index in [1.54, 1.807) is 18.2 Å². The average Bonchev–Trinajstić information content (AvgIpc) is 2.54. The highest BCUT2D eigenvalue weighted by Gasteiger charge is 2.33. The second-order valence-electron chi connectivity index (χ2n) is 4.78. The van der Waals surface area contributed by atoms with Crippen LogP contribution >= 0.6 is 0 Å². The average molecular weight is 337 g/mol. The second kappa shape index (κ2) is 7.61. The van der Waals surface area contributed by atoms with Gasteiger partial charge < -0.3 is 15.7 Å². The first kappa shape index (κ1) is 17.5. The van der Waals surface area contributed by atoms with Gasteiger partial charge in [-0.15, -0.1) is 0 Å². The summed E-state index contributed by atoms with van der Waals surface area (Å²) in [5.41, 5.74) is -0.295. The lowest BCUT2D eigenvalue weighted by atomic mass is 10.2. The molecule has 2 rings (SSSR count). The number of anilines is 3. The van der Waals surface area contributed by atoms with Crippen LogP contribution < -0.4 is 10.6 Å². The first-order valence-corrected chi connectivity index (χ1v) is 7.00. The minimum atomic E-state index is -4.62. The summed E-state index contributed by atoms with van der Waals surface area (Å²) in [7, 11) is 0. The topological polar surface area (TPSA) is 93.9 Å². The molecule has 9 heteroatoms. The van der Waals surface area contributed by atoms with Gasteiger partial charge in [-0.05, 0) is 24.6 Å². The number of aliphatic hydroxyl groups excluding tert-OH is 1. The third-order valence-electron chi connectivity index (χ3n) is 2.90. The number of nitrogens with zero attached hydrogens (tertiary/aromatic N) is 3. The monoisotopic (exact) mass is 337 g/mol. The Kier molecular flexibility index (Phi) is 5.55. The van der Waals surface area contributed by atoms with Gasteiger partial charge in [0.15, 0.2) is 5.69 Å². The molecule has 0 unspecified atom stereocenters. The fraction of sp³-hybridized carbons (Fsp3) is 0.267. The van der Waals surface area contributed by atoms with Crippen LogP contribution in [0.2, 0.25) is 0 Å². The van der Waals surface area contributed by atoms with Gasteiger partial charge in [-0.1, -0.05) is 6.07 Å². The molecule has 0 saturated heterocycles. The highest BCUT2D eigenvalue weighted by atomic mass is 19.4. The van der Waals surface area contributed by atoms with E-state index in [4.69, 9.17) is 10.4 Å². The molecule has 3 N–H and O–H groups in total. The molecule has 24 heavy (non-hydrogen) atoms. The van der Waals surface area contributed by atoms with E-state index in [9.17, 15) is 13.2 Å². The highest BCUT2D eigenvalue weighted by Crippen LogP contribution is 2.30. The number of hydrogen-bond donors (Lipinski definition) is 3. The highest BCUT2D eigenvalue weighted by molar-refractivity contribution is 5.59. The van der Waals surface area contributed by atoms with Crippen molar-refractivity contribution < 1.29 is 18.3 Å². The van der Waals surface area contributed by atoms with Crippen LogP contribution in [0.25, 0.3) is 0 Å². The Morgan fingerprint density at radius 1 is 1.21 bits per heavy atom. The van der Waals surface area contributed by atoms with Crippen molar-refractivity contribution in [3.63, 3.8) is 0 Å². The lowest BCUT2D eigenvalue weighted by Gasteiger charge is -2.12. The number of benzene rings is 1. The van der Waals surface area contributed by atoms with Crippen LogP contribution in [-0.2, 0) is 6.18 Å². The smallest absolute Gasteiger partial charge is 0.396 e. The van der Waals surface area contributed by atoms with Crippen molar-refractivity contribution in [2.75, 3.05) is 23.8 Å². The lowest BCUT2D eigenvalue weighted by Crippen LogP contribution is -2.14. The Hall–Kier alpha value is -2.86. The van der Waals surface area contributed by atoms with E-state index in [-0.39, 0.29) is 24.9 Å². The van der Waals surface area contributed by atoms with Crippen LogP contribution in [0, 0.1) is 11.3 Å². The normalized spacial score (nSPS) is 11.0. The zero-order valence-electron chi connectivity index (χ0n) is 12.4. The van der Waals surface area contributed by atoms with Crippen LogP contribution in [0.4, 0.5) is 30.6 Å². The summed E-state index contributed by atoms with van der Waals surface area (Å²) < 4.78 is 38.9. The predicted octanol–water partition coefficient (Wildman–Crippen LogP) is 2.90. The van der Waals surface area contributed by atoms with Crippen molar-refractivity contribution >= 4 is 17.5 Å². The third kappa shape index (κ3) is 4.82. The largest absolute Gasteiger partial charge is 0.433 e. The number of nitrogens with one attached hydrogen (secondary N) is 2. The summed E-state index contributed by atoms with van der Waals surface area (Å²) in [4.78, 5) is 7.40. The Balaban J connectivity index is 2.30. The first-order chi connectivity index (χ1) is 11.4. The van der Waals surface area contributed by atoms with Crippen molar-refractivity contribution in [2.24, 2.45) is 0 Å². The van der Waals surface area contributed by atoms with Crippen molar-refractivity contribution in [3.05, 3.63) is 41.6 Å². The number of nitriles is 1. The zero-order chi connectivity index (χ0) is 17.6. The Bertz CT molecular complexity index is 743. The molecule has 0 aliphatic heterocycles. The van der Waals surface area contributed by atoms with Crippen LogP contribution in [0.15, 0.2) is 30.3 Å². The van der Waals surface area contributed by atoms with Crippen LogP contribution in [0.3, 0.4) is 0 Å². The molecule has 0 fully saturated rings. The molecule has 0 saturated carbocycles. The molecule has 0 spiro atoms. The molecular formula is C15H14F3N5O. The third-order valence-corrected chi connectivity index (χ3v) is 2.90. The van der Waals surface area contributed by atoms with E-state index in [1.165, 1.54) is 6.07 Å². The second-order valence-corrected chi connectivity index (χ2v) is 4.78. The van der Waals surface area contributed by atoms with Gasteiger partial charge in [0, 0.05) is 24.9 Å². The molecule has 126 valence electrons. The van der Waals surface area contributed by atoms with Gasteiger partial charge in [0.2, 0.25) is 5.95 Å². The van der Waals surface area contributed by atoms with E-state index in [0.717, 1.165) is 6.07 Å². The Labute approximate surface area is 136 Å².